The minimum atomic E-state index is -0.480. The molecule has 0 aliphatic carbocycles. The number of ether oxygens (including phenoxy) is 1. The molecule has 3 aromatic rings. The van der Waals surface area contributed by atoms with Crippen molar-refractivity contribution in [2.75, 3.05) is 12.4 Å². The van der Waals surface area contributed by atoms with Crippen LogP contribution in [0.2, 0.25) is 0 Å². The van der Waals surface area contributed by atoms with Crippen LogP contribution < -0.4 is 5.32 Å². The first-order chi connectivity index (χ1) is 12.1. The number of carbonyl (C=O) groups is 2. The lowest BCUT2D eigenvalue weighted by atomic mass is 10.1. The lowest BCUT2D eigenvalue weighted by Crippen LogP contribution is -2.13. The molecule has 0 saturated carbocycles. The van der Waals surface area contributed by atoms with Crippen LogP contribution in [0.25, 0.3) is 10.4 Å². The predicted octanol–water partition coefficient (Wildman–Crippen LogP) is 4.16. The Balaban J connectivity index is 1.81. The maximum atomic E-state index is 12.4. The van der Waals surface area contributed by atoms with Crippen LogP contribution in [0, 0.1) is 6.92 Å². The summed E-state index contributed by atoms with van der Waals surface area (Å²) in [7, 11) is 1.30. The normalized spacial score (nSPS) is 10.3. The summed E-state index contributed by atoms with van der Waals surface area (Å²) in [6.45, 7) is 1.91. The van der Waals surface area contributed by atoms with Crippen LogP contribution in [0.5, 0.6) is 0 Å². The molecule has 1 heterocycles. The standard InChI is InChI=1S/C19H16N2O3S/c1-12-16(13-7-4-3-5-8-13)25-19(20-12)21-17(22)14-9-6-10-15(11-14)18(23)24-2/h3-11H,1-2H3,(H,20,21,22). The summed E-state index contributed by atoms with van der Waals surface area (Å²) in [5.41, 5.74) is 2.62. The van der Waals surface area contributed by atoms with Crippen molar-refractivity contribution in [3.05, 3.63) is 71.4 Å². The molecule has 5 nitrogen and oxygen atoms in total. The van der Waals surface area contributed by atoms with Crippen molar-refractivity contribution >= 4 is 28.3 Å². The van der Waals surface area contributed by atoms with Crippen LogP contribution >= 0.6 is 11.3 Å². The molecule has 1 N–H and O–H groups in total. The molecular weight excluding hydrogens is 336 g/mol. The molecule has 0 unspecified atom stereocenters. The predicted molar refractivity (Wildman–Crippen MR) is 98.0 cm³/mol. The van der Waals surface area contributed by atoms with Crippen molar-refractivity contribution in [2.45, 2.75) is 6.92 Å². The van der Waals surface area contributed by atoms with Crippen molar-refractivity contribution in [3.63, 3.8) is 0 Å². The van der Waals surface area contributed by atoms with E-state index in [1.54, 1.807) is 18.2 Å². The number of aryl methyl sites for hydroxylation is 1. The molecule has 0 spiro atoms. The van der Waals surface area contributed by atoms with Gasteiger partial charge in [0.15, 0.2) is 5.13 Å². The zero-order valence-electron chi connectivity index (χ0n) is 13.8. The first-order valence-corrected chi connectivity index (χ1v) is 8.42. The summed E-state index contributed by atoms with van der Waals surface area (Å²) in [6.07, 6.45) is 0. The molecule has 0 bridgehead atoms. The zero-order valence-corrected chi connectivity index (χ0v) is 14.6. The molecular formula is C19H16N2O3S. The number of thiazole rings is 1. The highest BCUT2D eigenvalue weighted by molar-refractivity contribution is 7.19. The van der Waals surface area contributed by atoms with E-state index in [1.165, 1.54) is 24.5 Å². The van der Waals surface area contributed by atoms with E-state index in [9.17, 15) is 9.59 Å². The van der Waals surface area contributed by atoms with E-state index in [4.69, 9.17) is 0 Å². The molecule has 126 valence electrons. The van der Waals surface area contributed by atoms with Gasteiger partial charge in [-0.25, -0.2) is 9.78 Å². The van der Waals surface area contributed by atoms with Gasteiger partial charge in [0, 0.05) is 5.56 Å². The second-order valence-electron chi connectivity index (χ2n) is 5.33. The van der Waals surface area contributed by atoms with Crippen LogP contribution in [0.15, 0.2) is 54.6 Å². The summed E-state index contributed by atoms with van der Waals surface area (Å²) in [5, 5.41) is 3.31. The quantitative estimate of drug-likeness (QED) is 0.716. The fourth-order valence-corrected chi connectivity index (χ4v) is 3.35. The molecule has 2 aromatic carbocycles. The first kappa shape index (κ1) is 16.9. The number of hydrogen-bond donors (Lipinski definition) is 1. The molecule has 0 radical (unpaired) electrons. The van der Waals surface area contributed by atoms with Crippen molar-refractivity contribution in [1.29, 1.82) is 0 Å². The molecule has 3 rings (SSSR count). The smallest absolute Gasteiger partial charge is 0.337 e. The van der Waals surface area contributed by atoms with Crippen molar-refractivity contribution in [2.24, 2.45) is 0 Å². The van der Waals surface area contributed by atoms with E-state index in [1.807, 2.05) is 37.3 Å². The average molecular weight is 352 g/mol. The lowest BCUT2D eigenvalue weighted by Gasteiger charge is -2.04. The topological polar surface area (TPSA) is 68.3 Å². The largest absolute Gasteiger partial charge is 0.465 e. The van der Waals surface area contributed by atoms with Gasteiger partial charge in [-0.05, 0) is 30.7 Å². The number of methoxy groups -OCH3 is 1. The van der Waals surface area contributed by atoms with Crippen LogP contribution in [0.4, 0.5) is 5.13 Å². The molecule has 0 saturated heterocycles. The number of benzene rings is 2. The SMILES string of the molecule is COC(=O)c1cccc(C(=O)Nc2nc(C)c(-c3ccccc3)s2)c1. The highest BCUT2D eigenvalue weighted by atomic mass is 32.1. The second-order valence-corrected chi connectivity index (χ2v) is 6.33. The summed E-state index contributed by atoms with van der Waals surface area (Å²) in [4.78, 5) is 29.5. The molecule has 1 amide bonds. The summed E-state index contributed by atoms with van der Waals surface area (Å²) in [5.74, 6) is -0.801. The molecule has 0 fully saturated rings. The third kappa shape index (κ3) is 3.75. The fraction of sp³-hybridized carbons (Fsp3) is 0.105. The van der Waals surface area contributed by atoms with Crippen LogP contribution in [0.1, 0.15) is 26.4 Å². The molecule has 6 heteroatoms. The molecule has 0 atom stereocenters. The monoisotopic (exact) mass is 352 g/mol. The molecule has 0 aliphatic heterocycles. The van der Waals surface area contributed by atoms with E-state index in [-0.39, 0.29) is 5.91 Å². The fourth-order valence-electron chi connectivity index (χ4n) is 2.38. The van der Waals surface area contributed by atoms with Gasteiger partial charge in [0.25, 0.3) is 5.91 Å². The first-order valence-electron chi connectivity index (χ1n) is 7.61. The lowest BCUT2D eigenvalue weighted by molar-refractivity contribution is 0.0600. The van der Waals surface area contributed by atoms with E-state index >= 15 is 0 Å². The van der Waals surface area contributed by atoms with Gasteiger partial charge < -0.3 is 4.74 Å². The van der Waals surface area contributed by atoms with Gasteiger partial charge in [0.2, 0.25) is 0 Å². The maximum absolute atomic E-state index is 12.4. The third-order valence-corrected chi connectivity index (χ3v) is 4.72. The number of carbonyl (C=O) groups excluding carboxylic acids is 2. The third-order valence-electron chi connectivity index (χ3n) is 3.60. The summed E-state index contributed by atoms with van der Waals surface area (Å²) >= 11 is 1.42. The Bertz CT molecular complexity index is 919. The molecule has 0 aliphatic rings. The van der Waals surface area contributed by atoms with Gasteiger partial charge in [-0.15, -0.1) is 0 Å². The van der Waals surface area contributed by atoms with Gasteiger partial charge >= 0.3 is 5.97 Å². The Morgan fingerprint density at radius 2 is 1.76 bits per heavy atom. The minimum absolute atomic E-state index is 0.320. The number of esters is 1. The van der Waals surface area contributed by atoms with Gasteiger partial charge in [0.05, 0.1) is 23.2 Å². The number of rotatable bonds is 4. The zero-order chi connectivity index (χ0) is 17.8. The van der Waals surface area contributed by atoms with Gasteiger partial charge in [0.1, 0.15) is 0 Å². The van der Waals surface area contributed by atoms with E-state index < -0.39 is 5.97 Å². The van der Waals surface area contributed by atoms with Gasteiger partial charge in [-0.3, -0.25) is 10.1 Å². The van der Waals surface area contributed by atoms with Crippen LogP contribution in [-0.4, -0.2) is 24.0 Å². The average Bonchev–Trinajstić information content (AvgIpc) is 3.02. The number of aromatic nitrogens is 1. The van der Waals surface area contributed by atoms with Crippen molar-refractivity contribution in [1.82, 2.24) is 4.98 Å². The summed E-state index contributed by atoms with van der Waals surface area (Å²) in [6, 6.07) is 16.3. The van der Waals surface area contributed by atoms with Crippen molar-refractivity contribution < 1.29 is 14.3 Å². The number of nitrogens with zero attached hydrogens (tertiary/aromatic N) is 1. The van der Waals surface area contributed by atoms with Gasteiger partial charge in [-0.2, -0.15) is 0 Å². The second kappa shape index (κ2) is 7.27. The number of hydrogen-bond acceptors (Lipinski definition) is 5. The summed E-state index contributed by atoms with van der Waals surface area (Å²) < 4.78 is 4.68. The van der Waals surface area contributed by atoms with Crippen LogP contribution in [-0.2, 0) is 4.74 Å². The van der Waals surface area contributed by atoms with E-state index in [0.717, 1.165) is 16.1 Å². The van der Waals surface area contributed by atoms with Crippen molar-refractivity contribution in [3.8, 4) is 10.4 Å². The minimum Gasteiger partial charge on any atom is -0.465 e. The van der Waals surface area contributed by atoms with Crippen LogP contribution in [0.3, 0.4) is 0 Å². The number of anilines is 1. The van der Waals surface area contributed by atoms with E-state index in [2.05, 4.69) is 15.0 Å². The number of nitrogens with one attached hydrogen (secondary N) is 1. The number of amides is 1. The highest BCUT2D eigenvalue weighted by Gasteiger charge is 2.14. The Labute approximate surface area is 149 Å². The Kier molecular flexibility index (Phi) is 4.90. The highest BCUT2D eigenvalue weighted by Crippen LogP contribution is 2.32. The Hall–Kier alpha value is -2.99. The molecule has 25 heavy (non-hydrogen) atoms. The Morgan fingerprint density at radius 1 is 1.04 bits per heavy atom. The maximum Gasteiger partial charge on any atom is 0.337 e. The molecule has 1 aromatic heterocycles. The van der Waals surface area contributed by atoms with E-state index in [0.29, 0.717) is 16.3 Å². The van der Waals surface area contributed by atoms with Gasteiger partial charge in [-0.1, -0.05) is 47.7 Å². The Morgan fingerprint density at radius 3 is 2.48 bits per heavy atom.